The first-order chi connectivity index (χ1) is 16.2. The lowest BCUT2D eigenvalue weighted by atomic mass is 9.93. The van der Waals surface area contributed by atoms with E-state index in [2.05, 4.69) is 39.0 Å². The third-order valence-corrected chi connectivity index (χ3v) is 6.60. The molecule has 1 atom stereocenters. The number of methoxy groups -OCH3 is 1. The number of para-hydroxylation sites is 1. The summed E-state index contributed by atoms with van der Waals surface area (Å²) < 4.78 is 5.40. The summed E-state index contributed by atoms with van der Waals surface area (Å²) in [5.41, 5.74) is 4.94. The van der Waals surface area contributed by atoms with Gasteiger partial charge in [-0.1, -0.05) is 54.6 Å². The number of Topliss-reactive ketones (excluding diaryl/α,β-unsaturated/α-hetero) is 1. The van der Waals surface area contributed by atoms with Gasteiger partial charge in [0.1, 0.15) is 5.75 Å². The first kappa shape index (κ1) is 21.3. The maximum atomic E-state index is 14.1. The quantitative estimate of drug-likeness (QED) is 0.418. The Balaban J connectivity index is 1.44. The number of hydrogen-bond donors (Lipinski definition) is 1. The highest BCUT2D eigenvalue weighted by molar-refractivity contribution is 6.11. The summed E-state index contributed by atoms with van der Waals surface area (Å²) >= 11 is 0. The van der Waals surface area contributed by atoms with E-state index >= 15 is 0 Å². The normalized spacial score (nSPS) is 15.5. The SMILES string of the molecule is COc1cccc(N2CCN([C@H](C(=O)c3c(C)[nH]c4ccccc34)c3ccccc3)CC2)c1. The van der Waals surface area contributed by atoms with Crippen LogP contribution in [0.2, 0.25) is 0 Å². The molecule has 5 rings (SSSR count). The maximum Gasteiger partial charge on any atom is 0.186 e. The van der Waals surface area contributed by atoms with Gasteiger partial charge in [0.2, 0.25) is 0 Å². The summed E-state index contributed by atoms with van der Waals surface area (Å²) in [4.78, 5) is 22.2. The van der Waals surface area contributed by atoms with Gasteiger partial charge in [0.05, 0.1) is 13.2 Å². The number of hydrogen-bond acceptors (Lipinski definition) is 4. The summed E-state index contributed by atoms with van der Waals surface area (Å²) in [6, 6.07) is 26.1. The highest BCUT2D eigenvalue weighted by atomic mass is 16.5. The zero-order valence-corrected chi connectivity index (χ0v) is 19.1. The van der Waals surface area contributed by atoms with E-state index in [1.807, 2.05) is 61.5 Å². The van der Waals surface area contributed by atoms with Crippen LogP contribution in [0.15, 0.2) is 78.9 Å². The van der Waals surface area contributed by atoms with Crippen LogP contribution in [0.4, 0.5) is 5.69 Å². The van der Waals surface area contributed by atoms with Gasteiger partial charge in [-0.15, -0.1) is 0 Å². The molecule has 0 saturated carbocycles. The van der Waals surface area contributed by atoms with Crippen LogP contribution in [0.3, 0.4) is 0 Å². The van der Waals surface area contributed by atoms with Gasteiger partial charge >= 0.3 is 0 Å². The second-order valence-electron chi connectivity index (χ2n) is 8.57. The average Bonchev–Trinajstić information content (AvgIpc) is 3.21. The van der Waals surface area contributed by atoms with Gasteiger partial charge in [-0.3, -0.25) is 9.69 Å². The molecule has 2 heterocycles. The zero-order valence-electron chi connectivity index (χ0n) is 19.1. The van der Waals surface area contributed by atoms with E-state index in [0.29, 0.717) is 0 Å². The van der Waals surface area contributed by atoms with E-state index < -0.39 is 0 Å². The smallest absolute Gasteiger partial charge is 0.186 e. The topological polar surface area (TPSA) is 48.6 Å². The van der Waals surface area contributed by atoms with Gasteiger partial charge in [-0.2, -0.15) is 0 Å². The molecule has 5 heteroatoms. The number of anilines is 1. The Labute approximate surface area is 194 Å². The highest BCUT2D eigenvalue weighted by Crippen LogP contribution is 2.32. The number of fused-ring (bicyclic) bond motifs is 1. The Bertz CT molecular complexity index is 1260. The van der Waals surface area contributed by atoms with Crippen molar-refractivity contribution in [3.63, 3.8) is 0 Å². The molecule has 1 aliphatic heterocycles. The number of nitrogens with one attached hydrogen (secondary N) is 1. The monoisotopic (exact) mass is 439 g/mol. The number of aromatic amines is 1. The van der Waals surface area contributed by atoms with Crippen molar-refractivity contribution in [1.82, 2.24) is 9.88 Å². The molecule has 0 bridgehead atoms. The van der Waals surface area contributed by atoms with Crippen molar-refractivity contribution in [3.8, 4) is 5.75 Å². The summed E-state index contributed by atoms with van der Waals surface area (Å²) in [6.07, 6.45) is 0. The first-order valence-electron chi connectivity index (χ1n) is 11.4. The molecule has 5 nitrogen and oxygen atoms in total. The predicted octanol–water partition coefficient (Wildman–Crippen LogP) is 5.23. The molecule has 0 spiro atoms. The fourth-order valence-electron chi connectivity index (χ4n) is 4.94. The molecule has 0 amide bonds. The van der Waals surface area contributed by atoms with E-state index in [0.717, 1.165) is 65.3 Å². The number of rotatable bonds is 6. The average molecular weight is 440 g/mol. The molecule has 1 saturated heterocycles. The number of nitrogens with zero attached hydrogens (tertiary/aromatic N) is 2. The molecule has 1 aliphatic rings. The largest absolute Gasteiger partial charge is 0.497 e. The summed E-state index contributed by atoms with van der Waals surface area (Å²) in [5, 5.41) is 0.996. The number of piperazine rings is 1. The number of ketones is 1. The third kappa shape index (κ3) is 4.12. The molecule has 3 aromatic carbocycles. The maximum absolute atomic E-state index is 14.1. The molecule has 1 N–H and O–H groups in total. The number of carbonyl (C=O) groups is 1. The van der Waals surface area contributed by atoms with Crippen LogP contribution in [-0.4, -0.2) is 49.0 Å². The Morgan fingerprint density at radius 2 is 1.64 bits per heavy atom. The van der Waals surface area contributed by atoms with Gasteiger partial charge in [-0.25, -0.2) is 0 Å². The first-order valence-corrected chi connectivity index (χ1v) is 11.4. The minimum absolute atomic E-state index is 0.158. The molecule has 0 radical (unpaired) electrons. The Morgan fingerprint density at radius 1 is 0.909 bits per heavy atom. The summed E-state index contributed by atoms with van der Waals surface area (Å²) in [6.45, 7) is 5.33. The van der Waals surface area contributed by atoms with E-state index in [4.69, 9.17) is 4.74 Å². The minimum atomic E-state index is -0.309. The molecule has 33 heavy (non-hydrogen) atoms. The van der Waals surface area contributed by atoms with Gasteiger partial charge in [-0.05, 0) is 30.7 Å². The molecule has 1 aromatic heterocycles. The molecule has 0 unspecified atom stereocenters. The second kappa shape index (κ2) is 9.12. The fraction of sp³-hybridized carbons (Fsp3) is 0.250. The van der Waals surface area contributed by atoms with Crippen molar-refractivity contribution < 1.29 is 9.53 Å². The Kier molecular flexibility index (Phi) is 5.88. The van der Waals surface area contributed by atoms with Crippen molar-refractivity contribution in [2.24, 2.45) is 0 Å². The lowest BCUT2D eigenvalue weighted by Gasteiger charge is -2.40. The van der Waals surface area contributed by atoms with E-state index in [9.17, 15) is 4.79 Å². The van der Waals surface area contributed by atoms with Gasteiger partial charge in [0, 0.05) is 60.1 Å². The van der Waals surface area contributed by atoms with Crippen molar-refractivity contribution in [2.45, 2.75) is 13.0 Å². The Morgan fingerprint density at radius 3 is 2.39 bits per heavy atom. The minimum Gasteiger partial charge on any atom is -0.497 e. The molecule has 168 valence electrons. The van der Waals surface area contributed by atoms with E-state index in [-0.39, 0.29) is 11.8 Å². The number of H-pyrrole nitrogens is 1. The molecular formula is C28H29N3O2. The summed E-state index contributed by atoms with van der Waals surface area (Å²) in [5.74, 6) is 1.02. The summed E-state index contributed by atoms with van der Waals surface area (Å²) in [7, 11) is 1.69. The molecule has 0 aliphatic carbocycles. The van der Waals surface area contributed by atoms with E-state index in [1.165, 1.54) is 0 Å². The van der Waals surface area contributed by atoms with Crippen LogP contribution in [0.25, 0.3) is 10.9 Å². The lowest BCUT2D eigenvalue weighted by molar-refractivity contribution is 0.0807. The standard InChI is InChI=1S/C28H29N3O2/c1-20-26(24-13-6-7-14-25(24)29-20)28(32)27(21-9-4-3-5-10-21)31-17-15-30(16-18-31)22-11-8-12-23(19-22)33-2/h3-14,19,27,29H,15-18H2,1-2H3/t27-/m0/s1. The lowest BCUT2D eigenvalue weighted by Crippen LogP contribution is -2.49. The van der Waals surface area contributed by atoms with Gasteiger partial charge < -0.3 is 14.6 Å². The number of aryl methyl sites for hydroxylation is 1. The van der Waals surface area contributed by atoms with Crippen molar-refractivity contribution in [2.75, 3.05) is 38.2 Å². The predicted molar refractivity (Wildman–Crippen MR) is 133 cm³/mol. The van der Waals surface area contributed by atoms with Crippen LogP contribution < -0.4 is 9.64 Å². The molecule has 1 fully saturated rings. The molecule has 4 aromatic rings. The highest BCUT2D eigenvalue weighted by Gasteiger charge is 2.33. The van der Waals surface area contributed by atoms with Crippen molar-refractivity contribution >= 4 is 22.4 Å². The molecular weight excluding hydrogens is 410 g/mol. The van der Waals surface area contributed by atoms with Crippen LogP contribution in [0.1, 0.15) is 27.7 Å². The second-order valence-corrected chi connectivity index (χ2v) is 8.57. The van der Waals surface area contributed by atoms with Crippen LogP contribution in [0, 0.1) is 6.92 Å². The van der Waals surface area contributed by atoms with Crippen molar-refractivity contribution in [1.29, 1.82) is 0 Å². The number of carbonyl (C=O) groups excluding carboxylic acids is 1. The third-order valence-electron chi connectivity index (χ3n) is 6.60. The van der Waals surface area contributed by atoms with Crippen molar-refractivity contribution in [3.05, 3.63) is 95.7 Å². The van der Waals surface area contributed by atoms with Crippen LogP contribution in [-0.2, 0) is 0 Å². The van der Waals surface area contributed by atoms with Gasteiger partial charge in [0.25, 0.3) is 0 Å². The zero-order chi connectivity index (χ0) is 22.8. The number of ether oxygens (including phenoxy) is 1. The van der Waals surface area contributed by atoms with Gasteiger partial charge in [0.15, 0.2) is 5.78 Å². The van der Waals surface area contributed by atoms with Crippen LogP contribution in [0.5, 0.6) is 5.75 Å². The Hall–Kier alpha value is -3.57. The van der Waals surface area contributed by atoms with Crippen LogP contribution >= 0.6 is 0 Å². The number of benzene rings is 3. The fourth-order valence-corrected chi connectivity index (χ4v) is 4.94. The van der Waals surface area contributed by atoms with E-state index in [1.54, 1.807) is 7.11 Å². The number of aromatic nitrogens is 1.